The van der Waals surface area contributed by atoms with Crippen LogP contribution in [0.5, 0.6) is 0 Å². The number of carbonyl (C=O) groups is 1. The van der Waals surface area contributed by atoms with Crippen LogP contribution < -0.4 is 16.4 Å². The molecule has 0 spiro atoms. The minimum Gasteiger partial charge on any atom is -0.374 e. The lowest BCUT2D eigenvalue weighted by Crippen LogP contribution is -2.36. The fourth-order valence-electron chi connectivity index (χ4n) is 2.85. The number of amides is 1. The summed E-state index contributed by atoms with van der Waals surface area (Å²) in [5.74, 6) is -0.364. The van der Waals surface area contributed by atoms with Crippen LogP contribution in [0.15, 0.2) is 58.1 Å². The lowest BCUT2D eigenvalue weighted by atomic mass is 10.1. The van der Waals surface area contributed by atoms with Gasteiger partial charge in [-0.15, -0.1) is 0 Å². The van der Waals surface area contributed by atoms with E-state index in [2.05, 4.69) is 10.4 Å². The molecule has 0 saturated heterocycles. The zero-order valence-corrected chi connectivity index (χ0v) is 15.9. The molecule has 7 nitrogen and oxygen atoms in total. The first-order valence-corrected chi connectivity index (χ1v) is 9.12. The van der Waals surface area contributed by atoms with Gasteiger partial charge in [-0.25, -0.2) is 4.68 Å². The Balaban J connectivity index is 1.66. The molecule has 2 aromatic carbocycles. The Morgan fingerprint density at radius 2 is 1.79 bits per heavy atom. The van der Waals surface area contributed by atoms with Crippen LogP contribution >= 0.6 is 0 Å². The Hall–Kier alpha value is -3.19. The first-order chi connectivity index (χ1) is 13.4. The van der Waals surface area contributed by atoms with Crippen LogP contribution in [0.25, 0.3) is 10.8 Å². The molecular weight excluding hydrogens is 358 g/mol. The molecule has 28 heavy (non-hydrogen) atoms. The van der Waals surface area contributed by atoms with Gasteiger partial charge in [0.2, 0.25) is 5.91 Å². The molecule has 0 fully saturated rings. The number of rotatable bonds is 7. The van der Waals surface area contributed by atoms with Gasteiger partial charge < -0.3 is 10.1 Å². The Bertz CT molecular complexity index is 1100. The van der Waals surface area contributed by atoms with Crippen LogP contribution in [0.2, 0.25) is 0 Å². The lowest BCUT2D eigenvalue weighted by Gasteiger charge is -2.10. The number of ether oxygens (including phenoxy) is 1. The third-order valence-electron chi connectivity index (χ3n) is 4.25. The molecular formula is C21H23N3O4. The Morgan fingerprint density at radius 1 is 1.07 bits per heavy atom. The summed E-state index contributed by atoms with van der Waals surface area (Å²) >= 11 is 0. The normalized spacial score (nSPS) is 11.1. The van der Waals surface area contributed by atoms with E-state index in [1.165, 1.54) is 0 Å². The highest BCUT2D eigenvalue weighted by Crippen LogP contribution is 2.08. The zero-order valence-electron chi connectivity index (χ0n) is 15.9. The predicted octanol–water partition coefficient (Wildman–Crippen LogP) is 1.93. The second-order valence-electron chi connectivity index (χ2n) is 6.83. The lowest BCUT2D eigenvalue weighted by molar-refractivity contribution is -0.122. The predicted molar refractivity (Wildman–Crippen MR) is 107 cm³/mol. The number of fused-ring (bicyclic) bond motifs is 1. The average Bonchev–Trinajstić information content (AvgIpc) is 2.69. The van der Waals surface area contributed by atoms with Crippen molar-refractivity contribution in [1.29, 1.82) is 0 Å². The summed E-state index contributed by atoms with van der Waals surface area (Å²) in [6.45, 7) is 4.52. The third-order valence-corrected chi connectivity index (χ3v) is 4.25. The summed E-state index contributed by atoms with van der Waals surface area (Å²) < 4.78 is 6.62. The van der Waals surface area contributed by atoms with E-state index in [1.807, 2.05) is 38.1 Å². The Morgan fingerprint density at radius 3 is 2.54 bits per heavy atom. The number of hydrogen-bond donors (Lipinski definition) is 2. The second-order valence-corrected chi connectivity index (χ2v) is 6.83. The molecule has 7 heteroatoms. The molecule has 3 rings (SSSR count). The molecule has 0 saturated carbocycles. The monoisotopic (exact) mass is 381 g/mol. The van der Waals surface area contributed by atoms with E-state index < -0.39 is 11.1 Å². The molecule has 0 aliphatic heterocycles. The van der Waals surface area contributed by atoms with Gasteiger partial charge in [-0.2, -0.15) is 0 Å². The maximum Gasteiger partial charge on any atom is 0.273 e. The SMILES string of the molecule is CC(C)OCc1cccc(CNC(=O)Cn2[nH]c(=O)c3ccccc3c2=O)c1. The highest BCUT2D eigenvalue weighted by molar-refractivity contribution is 5.81. The van der Waals surface area contributed by atoms with Gasteiger partial charge in [-0.1, -0.05) is 36.4 Å². The van der Waals surface area contributed by atoms with Crippen molar-refractivity contribution < 1.29 is 9.53 Å². The summed E-state index contributed by atoms with van der Waals surface area (Å²) in [5.41, 5.74) is 1.15. The van der Waals surface area contributed by atoms with Gasteiger partial charge in [-0.3, -0.25) is 19.5 Å². The van der Waals surface area contributed by atoms with Gasteiger partial charge in [-0.05, 0) is 37.1 Å². The number of H-pyrrole nitrogens is 1. The maximum absolute atomic E-state index is 12.5. The summed E-state index contributed by atoms with van der Waals surface area (Å²) in [7, 11) is 0. The van der Waals surface area contributed by atoms with Gasteiger partial charge in [0.1, 0.15) is 6.54 Å². The van der Waals surface area contributed by atoms with E-state index in [0.717, 1.165) is 15.8 Å². The van der Waals surface area contributed by atoms with E-state index in [9.17, 15) is 14.4 Å². The number of aromatic nitrogens is 2. The molecule has 146 valence electrons. The van der Waals surface area contributed by atoms with Crippen molar-refractivity contribution in [3.05, 3.63) is 80.4 Å². The van der Waals surface area contributed by atoms with Crippen LogP contribution in [0.3, 0.4) is 0 Å². The van der Waals surface area contributed by atoms with Crippen LogP contribution in [0, 0.1) is 0 Å². The minimum absolute atomic E-state index is 0.144. The highest BCUT2D eigenvalue weighted by atomic mass is 16.5. The Labute approximate surface area is 161 Å². The zero-order chi connectivity index (χ0) is 20.1. The van der Waals surface area contributed by atoms with E-state index >= 15 is 0 Å². The molecule has 0 bridgehead atoms. The minimum atomic E-state index is -0.404. The van der Waals surface area contributed by atoms with E-state index in [1.54, 1.807) is 24.3 Å². The number of carbonyl (C=O) groups excluding carboxylic acids is 1. The van der Waals surface area contributed by atoms with Crippen LogP contribution in [-0.4, -0.2) is 21.8 Å². The van der Waals surface area contributed by atoms with Crippen molar-refractivity contribution in [3.8, 4) is 0 Å². The van der Waals surface area contributed by atoms with Crippen LogP contribution in [-0.2, 0) is 29.2 Å². The van der Waals surface area contributed by atoms with Crippen LogP contribution in [0.4, 0.5) is 0 Å². The van der Waals surface area contributed by atoms with Crippen molar-refractivity contribution in [1.82, 2.24) is 15.1 Å². The molecule has 0 radical (unpaired) electrons. The molecule has 1 amide bonds. The standard InChI is InChI=1S/C21H23N3O4/c1-14(2)28-13-16-7-5-6-15(10-16)11-22-19(25)12-24-21(27)18-9-4-3-8-17(18)20(26)23-24/h3-10,14H,11-13H2,1-2H3,(H,22,25)(H,23,26). The fraction of sp³-hybridized carbons (Fsp3) is 0.286. The first-order valence-electron chi connectivity index (χ1n) is 9.12. The van der Waals surface area contributed by atoms with E-state index in [4.69, 9.17) is 4.74 Å². The van der Waals surface area contributed by atoms with Crippen molar-refractivity contribution >= 4 is 16.7 Å². The molecule has 0 unspecified atom stereocenters. The quantitative estimate of drug-likeness (QED) is 0.654. The first kappa shape index (κ1) is 19.6. The van der Waals surface area contributed by atoms with Crippen molar-refractivity contribution in [2.24, 2.45) is 0 Å². The van der Waals surface area contributed by atoms with Gasteiger partial charge in [0.15, 0.2) is 0 Å². The average molecular weight is 381 g/mol. The molecule has 0 atom stereocenters. The summed E-state index contributed by atoms with van der Waals surface area (Å²) in [6.07, 6.45) is 0.144. The van der Waals surface area contributed by atoms with Crippen molar-refractivity contribution in [2.75, 3.05) is 0 Å². The number of nitrogens with one attached hydrogen (secondary N) is 2. The largest absolute Gasteiger partial charge is 0.374 e. The van der Waals surface area contributed by atoms with E-state index in [-0.39, 0.29) is 23.9 Å². The van der Waals surface area contributed by atoms with Crippen LogP contribution in [0.1, 0.15) is 25.0 Å². The van der Waals surface area contributed by atoms with Crippen molar-refractivity contribution in [2.45, 2.75) is 39.6 Å². The topological polar surface area (TPSA) is 93.2 Å². The van der Waals surface area contributed by atoms with Gasteiger partial charge in [0.05, 0.1) is 23.5 Å². The number of benzene rings is 2. The molecule has 0 aliphatic rings. The maximum atomic E-state index is 12.5. The molecule has 2 N–H and O–H groups in total. The number of aromatic amines is 1. The summed E-state index contributed by atoms with van der Waals surface area (Å²) in [6, 6.07) is 14.3. The summed E-state index contributed by atoms with van der Waals surface area (Å²) in [4.78, 5) is 36.8. The Kier molecular flexibility index (Phi) is 6.06. The molecule has 0 aliphatic carbocycles. The van der Waals surface area contributed by atoms with Crippen molar-refractivity contribution in [3.63, 3.8) is 0 Å². The third kappa shape index (κ3) is 4.75. The molecule has 1 heterocycles. The molecule has 3 aromatic rings. The number of nitrogens with zero attached hydrogens (tertiary/aromatic N) is 1. The fourth-order valence-corrected chi connectivity index (χ4v) is 2.85. The van der Waals surface area contributed by atoms with E-state index in [0.29, 0.717) is 18.5 Å². The summed E-state index contributed by atoms with van der Waals surface area (Å²) in [5, 5.41) is 5.83. The highest BCUT2D eigenvalue weighted by Gasteiger charge is 2.10. The number of hydrogen-bond acceptors (Lipinski definition) is 4. The second kappa shape index (κ2) is 8.67. The van der Waals surface area contributed by atoms with Gasteiger partial charge in [0.25, 0.3) is 11.1 Å². The van der Waals surface area contributed by atoms with Gasteiger partial charge in [0, 0.05) is 6.54 Å². The molecule has 1 aromatic heterocycles. The smallest absolute Gasteiger partial charge is 0.273 e. The van der Waals surface area contributed by atoms with Gasteiger partial charge >= 0.3 is 0 Å².